The highest BCUT2D eigenvalue weighted by molar-refractivity contribution is 7.99. The maximum absolute atomic E-state index is 13.9. The number of nitrogens with two attached hydrogens (primary N) is 1. The molecule has 0 aliphatic heterocycles. The molecule has 0 saturated heterocycles. The molecule has 1 aromatic carbocycles. The zero-order chi connectivity index (χ0) is 14.0. The van der Waals surface area contributed by atoms with Crippen molar-refractivity contribution >= 4 is 11.8 Å². The summed E-state index contributed by atoms with van der Waals surface area (Å²) in [5.74, 6) is -0.363. The third-order valence-electron chi connectivity index (χ3n) is 2.72. The Labute approximate surface area is 114 Å². The first kappa shape index (κ1) is 13.8. The van der Waals surface area contributed by atoms with Gasteiger partial charge < -0.3 is 5.73 Å². The van der Waals surface area contributed by atoms with Gasteiger partial charge in [-0.05, 0) is 43.3 Å². The molecule has 1 atom stereocenters. The molecule has 0 spiro atoms. The molecular formula is C12H15FN4OS. The average Bonchev–Trinajstić information content (AvgIpc) is 2.72. The fourth-order valence-electron chi connectivity index (χ4n) is 1.64. The average molecular weight is 282 g/mol. The molecule has 0 aliphatic rings. The van der Waals surface area contributed by atoms with Gasteiger partial charge in [-0.1, -0.05) is 6.07 Å². The predicted molar refractivity (Wildman–Crippen MR) is 71.6 cm³/mol. The summed E-state index contributed by atoms with van der Waals surface area (Å²) >= 11 is 1.11. The Morgan fingerprint density at radius 3 is 2.89 bits per heavy atom. The van der Waals surface area contributed by atoms with Gasteiger partial charge in [-0.25, -0.2) is 14.3 Å². The van der Waals surface area contributed by atoms with Crippen LogP contribution in [0.1, 0.15) is 25.5 Å². The summed E-state index contributed by atoms with van der Waals surface area (Å²) in [7, 11) is 0. The van der Waals surface area contributed by atoms with Crippen LogP contribution in [0.5, 0.6) is 0 Å². The Balaban J connectivity index is 2.31. The van der Waals surface area contributed by atoms with Crippen LogP contribution in [-0.4, -0.2) is 14.8 Å². The number of halogens is 1. The van der Waals surface area contributed by atoms with Gasteiger partial charge in [0.05, 0.1) is 4.90 Å². The number of hydrogen-bond donors (Lipinski definition) is 2. The van der Waals surface area contributed by atoms with Gasteiger partial charge in [0.2, 0.25) is 0 Å². The number of aromatic nitrogens is 3. The molecule has 0 saturated carbocycles. The monoisotopic (exact) mass is 282 g/mol. The first-order valence-corrected chi connectivity index (χ1v) is 6.72. The minimum absolute atomic E-state index is 0.215. The number of hydrogen-bond acceptors (Lipinski definition) is 4. The first-order valence-electron chi connectivity index (χ1n) is 5.91. The fourth-order valence-corrected chi connectivity index (χ4v) is 2.54. The zero-order valence-corrected chi connectivity index (χ0v) is 11.5. The molecule has 0 bridgehead atoms. The normalized spacial score (nSPS) is 12.6. The number of aromatic amines is 1. The van der Waals surface area contributed by atoms with Gasteiger partial charge in [-0.3, -0.25) is 4.57 Å². The van der Waals surface area contributed by atoms with Crippen LogP contribution < -0.4 is 11.4 Å². The van der Waals surface area contributed by atoms with Crippen molar-refractivity contribution < 1.29 is 4.39 Å². The summed E-state index contributed by atoms with van der Waals surface area (Å²) in [6.45, 7) is 4.11. The smallest absolute Gasteiger partial charge is 0.324 e. The number of H-pyrrole nitrogens is 1. The van der Waals surface area contributed by atoms with E-state index in [1.807, 2.05) is 6.92 Å². The van der Waals surface area contributed by atoms with Crippen LogP contribution in [0.25, 0.3) is 0 Å². The lowest BCUT2D eigenvalue weighted by atomic mass is 10.1. The molecule has 0 radical (unpaired) electrons. The SMILES string of the molecule is CCn1c(Sc2ccc(C(C)N)cc2F)n[nH]c1=O. The Morgan fingerprint density at radius 2 is 2.32 bits per heavy atom. The van der Waals surface area contributed by atoms with Crippen molar-refractivity contribution in [2.45, 2.75) is 36.5 Å². The molecule has 5 nitrogen and oxygen atoms in total. The molecule has 3 N–H and O–H groups in total. The van der Waals surface area contributed by atoms with E-state index in [4.69, 9.17) is 5.73 Å². The summed E-state index contributed by atoms with van der Waals surface area (Å²) in [5, 5.41) is 6.67. The Morgan fingerprint density at radius 1 is 1.58 bits per heavy atom. The van der Waals surface area contributed by atoms with Gasteiger partial charge in [0, 0.05) is 12.6 Å². The number of rotatable bonds is 4. The Hall–Kier alpha value is -1.60. The van der Waals surface area contributed by atoms with Crippen molar-refractivity contribution in [2.75, 3.05) is 0 Å². The molecular weight excluding hydrogens is 267 g/mol. The van der Waals surface area contributed by atoms with E-state index in [2.05, 4.69) is 10.2 Å². The van der Waals surface area contributed by atoms with Crippen molar-refractivity contribution in [3.8, 4) is 0 Å². The largest absolute Gasteiger partial charge is 0.343 e. The molecule has 0 fully saturated rings. The predicted octanol–water partition coefficient (Wildman–Crippen LogP) is 1.90. The van der Waals surface area contributed by atoms with E-state index in [0.717, 1.165) is 17.3 Å². The van der Waals surface area contributed by atoms with E-state index in [-0.39, 0.29) is 17.5 Å². The lowest BCUT2D eigenvalue weighted by Crippen LogP contribution is -2.16. The highest BCUT2D eigenvalue weighted by atomic mass is 32.2. The fraction of sp³-hybridized carbons (Fsp3) is 0.333. The molecule has 1 heterocycles. The third-order valence-corrected chi connectivity index (χ3v) is 3.77. The third kappa shape index (κ3) is 2.87. The summed E-state index contributed by atoms with van der Waals surface area (Å²) in [6.07, 6.45) is 0. The maximum atomic E-state index is 13.9. The molecule has 0 aliphatic carbocycles. The molecule has 0 amide bonds. The van der Waals surface area contributed by atoms with E-state index >= 15 is 0 Å². The molecule has 7 heteroatoms. The van der Waals surface area contributed by atoms with Gasteiger partial charge in [0.25, 0.3) is 0 Å². The topological polar surface area (TPSA) is 76.7 Å². The van der Waals surface area contributed by atoms with E-state index in [0.29, 0.717) is 16.6 Å². The number of benzene rings is 1. The lowest BCUT2D eigenvalue weighted by Gasteiger charge is -2.08. The molecule has 102 valence electrons. The van der Waals surface area contributed by atoms with Gasteiger partial charge in [0.1, 0.15) is 5.82 Å². The van der Waals surface area contributed by atoms with Crippen LogP contribution in [0.15, 0.2) is 33.0 Å². The summed E-state index contributed by atoms with van der Waals surface area (Å²) in [4.78, 5) is 11.8. The van der Waals surface area contributed by atoms with Crippen LogP contribution in [-0.2, 0) is 6.54 Å². The van der Waals surface area contributed by atoms with Gasteiger partial charge in [-0.2, -0.15) is 0 Å². The molecule has 2 rings (SSSR count). The quantitative estimate of drug-likeness (QED) is 0.898. The van der Waals surface area contributed by atoms with Crippen LogP contribution in [0.2, 0.25) is 0 Å². The Bertz CT molecular complexity index is 635. The summed E-state index contributed by atoms with van der Waals surface area (Å²) < 4.78 is 15.4. The van der Waals surface area contributed by atoms with Crippen LogP contribution in [0.3, 0.4) is 0 Å². The first-order chi connectivity index (χ1) is 9.02. The van der Waals surface area contributed by atoms with Crippen molar-refractivity contribution in [3.05, 3.63) is 40.1 Å². The maximum Gasteiger partial charge on any atom is 0.343 e. The van der Waals surface area contributed by atoms with Gasteiger partial charge >= 0.3 is 5.69 Å². The molecule has 1 unspecified atom stereocenters. The zero-order valence-electron chi connectivity index (χ0n) is 10.7. The standard InChI is InChI=1S/C12H15FN4OS/c1-3-17-11(18)15-16-12(17)19-10-5-4-8(7(2)14)6-9(10)13/h4-7H,3,14H2,1-2H3,(H,15,18). The van der Waals surface area contributed by atoms with Crippen molar-refractivity contribution in [2.24, 2.45) is 5.73 Å². The van der Waals surface area contributed by atoms with E-state index in [9.17, 15) is 9.18 Å². The molecule has 2 aromatic rings. The second kappa shape index (κ2) is 5.58. The minimum Gasteiger partial charge on any atom is -0.324 e. The number of nitrogens with one attached hydrogen (secondary N) is 1. The minimum atomic E-state index is -0.363. The van der Waals surface area contributed by atoms with Gasteiger partial charge in [-0.15, -0.1) is 5.10 Å². The highest BCUT2D eigenvalue weighted by Gasteiger charge is 2.12. The van der Waals surface area contributed by atoms with Crippen molar-refractivity contribution in [1.29, 1.82) is 0 Å². The molecule has 1 aromatic heterocycles. The van der Waals surface area contributed by atoms with Crippen LogP contribution >= 0.6 is 11.8 Å². The highest BCUT2D eigenvalue weighted by Crippen LogP contribution is 2.29. The van der Waals surface area contributed by atoms with E-state index < -0.39 is 0 Å². The van der Waals surface area contributed by atoms with Crippen LogP contribution in [0, 0.1) is 5.82 Å². The van der Waals surface area contributed by atoms with Crippen molar-refractivity contribution in [3.63, 3.8) is 0 Å². The second-order valence-corrected chi connectivity index (χ2v) is 5.15. The summed E-state index contributed by atoms with van der Waals surface area (Å²) in [5.41, 5.74) is 6.14. The second-order valence-electron chi connectivity index (χ2n) is 4.14. The van der Waals surface area contributed by atoms with Gasteiger partial charge in [0.15, 0.2) is 5.16 Å². The molecule has 19 heavy (non-hydrogen) atoms. The number of nitrogens with zero attached hydrogens (tertiary/aromatic N) is 2. The summed E-state index contributed by atoms with van der Waals surface area (Å²) in [6, 6.07) is 4.62. The van der Waals surface area contributed by atoms with E-state index in [1.165, 1.54) is 10.6 Å². The Kier molecular flexibility index (Phi) is 4.06. The lowest BCUT2D eigenvalue weighted by molar-refractivity contribution is 0.595. The van der Waals surface area contributed by atoms with Crippen LogP contribution in [0.4, 0.5) is 4.39 Å². The van der Waals surface area contributed by atoms with E-state index in [1.54, 1.807) is 19.1 Å². The van der Waals surface area contributed by atoms with Crippen molar-refractivity contribution in [1.82, 2.24) is 14.8 Å².